The molecule has 1 aromatic heterocycles. The van der Waals surface area contributed by atoms with Gasteiger partial charge in [0.05, 0.1) is 0 Å². The average molecular weight is 239 g/mol. The van der Waals surface area contributed by atoms with Crippen molar-refractivity contribution in [1.82, 2.24) is 15.1 Å². The Balaban J connectivity index is 2.82. The topological polar surface area (TPSA) is 84.2 Å². The lowest BCUT2D eigenvalue weighted by molar-refractivity contribution is -0.142. The van der Waals surface area contributed by atoms with Crippen LogP contribution >= 0.6 is 0 Å². The van der Waals surface area contributed by atoms with Crippen LogP contribution in [-0.4, -0.2) is 32.8 Å². The molecule has 0 aliphatic rings. The molecule has 1 aromatic rings. The minimum atomic E-state index is -1.05. The van der Waals surface area contributed by atoms with Crippen molar-refractivity contribution in [2.75, 3.05) is 0 Å². The Labute approximate surface area is 99.6 Å². The summed E-state index contributed by atoms with van der Waals surface area (Å²) in [7, 11) is 1.69. The first-order valence-electron chi connectivity index (χ1n) is 5.25. The molecule has 1 amide bonds. The van der Waals surface area contributed by atoms with Crippen LogP contribution in [-0.2, 0) is 11.8 Å². The first-order chi connectivity index (χ1) is 7.71. The average Bonchev–Trinajstić information content (AvgIpc) is 2.58. The van der Waals surface area contributed by atoms with Gasteiger partial charge in [0, 0.05) is 13.2 Å². The Hall–Kier alpha value is -1.85. The number of rotatable bonds is 3. The van der Waals surface area contributed by atoms with E-state index in [1.165, 1.54) is 10.7 Å². The standard InChI is InChI=1S/C11H17N3O3/c1-11(2,3)8(10(16)17)12-9(15)7-5-6-14(4)13-7/h5-6,8H,1-4H3,(H,12,15)(H,16,17)/t8-/m1/s1. The van der Waals surface area contributed by atoms with Crippen LogP contribution in [0.25, 0.3) is 0 Å². The van der Waals surface area contributed by atoms with Crippen LogP contribution in [0.3, 0.4) is 0 Å². The van der Waals surface area contributed by atoms with Crippen molar-refractivity contribution in [3.63, 3.8) is 0 Å². The van der Waals surface area contributed by atoms with E-state index >= 15 is 0 Å². The number of amides is 1. The maximum absolute atomic E-state index is 11.8. The summed E-state index contributed by atoms with van der Waals surface area (Å²) >= 11 is 0. The number of carboxylic acids is 1. The SMILES string of the molecule is Cn1ccc(C(=O)N[C@H](C(=O)O)C(C)(C)C)n1. The van der Waals surface area contributed by atoms with Crippen molar-refractivity contribution in [2.45, 2.75) is 26.8 Å². The van der Waals surface area contributed by atoms with Gasteiger partial charge in [-0.05, 0) is 11.5 Å². The molecule has 0 aromatic carbocycles. The van der Waals surface area contributed by atoms with E-state index in [9.17, 15) is 9.59 Å². The molecule has 0 fully saturated rings. The molecule has 0 aliphatic carbocycles. The van der Waals surface area contributed by atoms with E-state index in [-0.39, 0.29) is 5.69 Å². The van der Waals surface area contributed by atoms with Crippen LogP contribution in [0.2, 0.25) is 0 Å². The zero-order valence-corrected chi connectivity index (χ0v) is 10.4. The Bertz CT molecular complexity index is 431. The molecule has 0 aliphatic heterocycles. The smallest absolute Gasteiger partial charge is 0.326 e. The minimum absolute atomic E-state index is 0.211. The highest BCUT2D eigenvalue weighted by atomic mass is 16.4. The van der Waals surface area contributed by atoms with Crippen LogP contribution in [0.4, 0.5) is 0 Å². The molecule has 6 heteroatoms. The van der Waals surface area contributed by atoms with E-state index in [4.69, 9.17) is 5.11 Å². The predicted octanol–water partition coefficient (Wildman–Crippen LogP) is 0.649. The maximum Gasteiger partial charge on any atom is 0.326 e. The largest absolute Gasteiger partial charge is 0.480 e. The first kappa shape index (κ1) is 13.2. The third-order valence-electron chi connectivity index (χ3n) is 2.33. The van der Waals surface area contributed by atoms with Crippen molar-refractivity contribution < 1.29 is 14.7 Å². The minimum Gasteiger partial charge on any atom is -0.480 e. The number of carboxylic acid groups (broad SMARTS) is 1. The second-order valence-electron chi connectivity index (χ2n) is 4.99. The Morgan fingerprint density at radius 3 is 2.41 bits per heavy atom. The predicted molar refractivity (Wildman–Crippen MR) is 61.6 cm³/mol. The third-order valence-corrected chi connectivity index (χ3v) is 2.33. The first-order valence-corrected chi connectivity index (χ1v) is 5.25. The van der Waals surface area contributed by atoms with E-state index in [0.717, 1.165) is 0 Å². The van der Waals surface area contributed by atoms with Gasteiger partial charge >= 0.3 is 5.97 Å². The molecule has 0 saturated heterocycles. The number of hydrogen-bond acceptors (Lipinski definition) is 3. The Kier molecular flexibility index (Phi) is 3.55. The molecule has 1 heterocycles. The van der Waals surface area contributed by atoms with Crippen molar-refractivity contribution >= 4 is 11.9 Å². The highest BCUT2D eigenvalue weighted by Gasteiger charge is 2.33. The normalized spacial score (nSPS) is 13.2. The Morgan fingerprint density at radius 2 is 2.06 bits per heavy atom. The van der Waals surface area contributed by atoms with Crippen LogP contribution in [0.5, 0.6) is 0 Å². The summed E-state index contributed by atoms with van der Waals surface area (Å²) in [6, 6.07) is 0.591. The van der Waals surface area contributed by atoms with E-state index in [0.29, 0.717) is 0 Å². The molecule has 0 unspecified atom stereocenters. The van der Waals surface area contributed by atoms with E-state index in [1.807, 2.05) is 0 Å². The van der Waals surface area contributed by atoms with Crippen molar-refractivity contribution in [3.05, 3.63) is 18.0 Å². The summed E-state index contributed by atoms with van der Waals surface area (Å²) in [6.07, 6.45) is 1.63. The van der Waals surface area contributed by atoms with Gasteiger partial charge in [-0.3, -0.25) is 9.48 Å². The van der Waals surface area contributed by atoms with Crippen molar-refractivity contribution in [1.29, 1.82) is 0 Å². The number of hydrogen-bond donors (Lipinski definition) is 2. The number of carbonyl (C=O) groups is 2. The summed E-state index contributed by atoms with van der Waals surface area (Å²) in [4.78, 5) is 22.8. The van der Waals surface area contributed by atoms with Gasteiger partial charge in [0.2, 0.25) is 0 Å². The van der Waals surface area contributed by atoms with Crippen LogP contribution in [0.1, 0.15) is 31.3 Å². The van der Waals surface area contributed by atoms with Crippen LogP contribution in [0, 0.1) is 5.41 Å². The van der Waals surface area contributed by atoms with Gasteiger partial charge in [0.25, 0.3) is 5.91 Å². The van der Waals surface area contributed by atoms with Crippen LogP contribution < -0.4 is 5.32 Å². The lowest BCUT2D eigenvalue weighted by Crippen LogP contribution is -2.49. The van der Waals surface area contributed by atoms with Crippen LogP contribution in [0.15, 0.2) is 12.3 Å². The summed E-state index contributed by atoms with van der Waals surface area (Å²) in [6.45, 7) is 5.26. The molecule has 94 valence electrons. The fraction of sp³-hybridized carbons (Fsp3) is 0.545. The van der Waals surface area contributed by atoms with E-state index < -0.39 is 23.3 Å². The van der Waals surface area contributed by atoms with Crippen molar-refractivity contribution in [2.24, 2.45) is 12.5 Å². The second kappa shape index (κ2) is 4.57. The molecule has 1 atom stereocenters. The highest BCUT2D eigenvalue weighted by Crippen LogP contribution is 2.19. The Morgan fingerprint density at radius 1 is 1.47 bits per heavy atom. The molecule has 1 rings (SSSR count). The number of aliphatic carboxylic acids is 1. The molecule has 0 radical (unpaired) electrons. The number of nitrogens with one attached hydrogen (secondary N) is 1. The van der Waals surface area contributed by atoms with E-state index in [2.05, 4.69) is 10.4 Å². The van der Waals surface area contributed by atoms with Gasteiger partial charge in [-0.15, -0.1) is 0 Å². The third kappa shape index (κ3) is 3.30. The number of aromatic nitrogens is 2. The molecule has 2 N–H and O–H groups in total. The number of aryl methyl sites for hydroxylation is 1. The van der Waals surface area contributed by atoms with Gasteiger partial charge in [-0.25, -0.2) is 4.79 Å². The number of carbonyl (C=O) groups excluding carboxylic acids is 1. The zero-order chi connectivity index (χ0) is 13.2. The summed E-state index contributed by atoms with van der Waals surface area (Å²) in [5.41, 5.74) is -0.348. The maximum atomic E-state index is 11.8. The fourth-order valence-corrected chi connectivity index (χ4v) is 1.39. The molecule has 0 spiro atoms. The lowest BCUT2D eigenvalue weighted by atomic mass is 9.86. The van der Waals surface area contributed by atoms with Gasteiger partial charge in [-0.1, -0.05) is 20.8 Å². The fourth-order valence-electron chi connectivity index (χ4n) is 1.39. The molecule has 0 bridgehead atoms. The number of nitrogens with zero attached hydrogens (tertiary/aromatic N) is 2. The molecule has 6 nitrogen and oxygen atoms in total. The second-order valence-corrected chi connectivity index (χ2v) is 4.99. The summed E-state index contributed by atoms with van der Waals surface area (Å²) < 4.78 is 1.49. The zero-order valence-electron chi connectivity index (χ0n) is 10.4. The summed E-state index contributed by atoms with van der Waals surface area (Å²) in [5, 5.41) is 15.5. The molecular weight excluding hydrogens is 222 g/mol. The summed E-state index contributed by atoms with van der Waals surface area (Å²) in [5.74, 6) is -1.53. The molecular formula is C11H17N3O3. The van der Waals surface area contributed by atoms with Gasteiger partial charge in [0.1, 0.15) is 11.7 Å². The van der Waals surface area contributed by atoms with Gasteiger partial charge in [-0.2, -0.15) is 5.10 Å². The highest BCUT2D eigenvalue weighted by molar-refractivity contribution is 5.95. The molecule has 0 saturated carbocycles. The lowest BCUT2D eigenvalue weighted by Gasteiger charge is -2.27. The van der Waals surface area contributed by atoms with Gasteiger partial charge < -0.3 is 10.4 Å². The van der Waals surface area contributed by atoms with E-state index in [1.54, 1.807) is 34.0 Å². The van der Waals surface area contributed by atoms with Crippen molar-refractivity contribution in [3.8, 4) is 0 Å². The van der Waals surface area contributed by atoms with Gasteiger partial charge in [0.15, 0.2) is 0 Å². The molecule has 17 heavy (non-hydrogen) atoms. The quantitative estimate of drug-likeness (QED) is 0.811. The monoisotopic (exact) mass is 239 g/mol.